The van der Waals surface area contributed by atoms with Crippen molar-refractivity contribution in [2.45, 2.75) is 4.87 Å². The van der Waals surface area contributed by atoms with Gasteiger partial charge in [-0.05, 0) is 30.3 Å². The van der Waals surface area contributed by atoms with Crippen LogP contribution in [0.2, 0.25) is 0 Å². The summed E-state index contributed by atoms with van der Waals surface area (Å²) in [7, 11) is 3.27. The minimum Gasteiger partial charge on any atom is -0.312 e. The number of carbonyl (C=O) groups excluding carboxylic acids is 2. The second-order valence-corrected chi connectivity index (χ2v) is 8.40. The predicted octanol–water partition coefficient (Wildman–Crippen LogP) is 2.22. The molecule has 2 aliphatic heterocycles. The molecule has 0 aliphatic carbocycles. The van der Waals surface area contributed by atoms with Crippen LogP contribution < -0.4 is 15.4 Å². The number of hydrogen-bond donors (Lipinski definition) is 0. The molecule has 5 rings (SSSR count). The van der Waals surface area contributed by atoms with Crippen LogP contribution in [0.1, 0.15) is 5.56 Å². The zero-order valence-corrected chi connectivity index (χ0v) is 17.0. The van der Waals surface area contributed by atoms with Gasteiger partial charge in [0.15, 0.2) is 0 Å². The van der Waals surface area contributed by atoms with Crippen LogP contribution in [-0.2, 0) is 21.5 Å². The highest BCUT2D eigenvalue weighted by atomic mass is 32.2. The molecule has 0 saturated carbocycles. The molecule has 0 radical (unpaired) electrons. The Hall–Kier alpha value is -3.33. The number of aromatic nitrogens is 2. The Bertz CT molecular complexity index is 1270. The van der Waals surface area contributed by atoms with E-state index < -0.39 is 16.2 Å². The second kappa shape index (κ2) is 6.33. The fraction of sp³-hybridized carbons (Fsp3) is 0.190. The van der Waals surface area contributed by atoms with Crippen LogP contribution in [0, 0.1) is 5.82 Å². The average Bonchev–Trinajstić information content (AvgIpc) is 3.29. The molecule has 1 spiro atoms. The highest BCUT2D eigenvalue weighted by molar-refractivity contribution is 8.02. The first-order valence-electron chi connectivity index (χ1n) is 9.25. The number of fused-ring (bicyclic) bond motifs is 2. The average molecular weight is 424 g/mol. The van der Waals surface area contributed by atoms with Crippen molar-refractivity contribution in [3.63, 3.8) is 0 Å². The molecule has 9 heteroatoms. The van der Waals surface area contributed by atoms with Crippen molar-refractivity contribution in [1.82, 2.24) is 9.36 Å². The van der Waals surface area contributed by atoms with E-state index in [4.69, 9.17) is 0 Å². The lowest BCUT2D eigenvalue weighted by molar-refractivity contribution is -0.123. The molecular weight excluding hydrogens is 407 g/mol. The number of nitrogens with zero attached hydrogens (tertiary/aromatic N) is 4. The highest BCUT2D eigenvalue weighted by Gasteiger charge is 2.61. The van der Waals surface area contributed by atoms with E-state index in [0.717, 1.165) is 11.8 Å². The van der Waals surface area contributed by atoms with E-state index in [0.29, 0.717) is 16.9 Å². The predicted molar refractivity (Wildman–Crippen MR) is 112 cm³/mol. The number of para-hydroxylation sites is 1. The topological polar surface area (TPSA) is 67.6 Å². The zero-order valence-electron chi connectivity index (χ0n) is 16.2. The molecule has 2 amide bonds. The molecule has 3 aromatic rings. The summed E-state index contributed by atoms with van der Waals surface area (Å²) in [5.74, 6) is -1.25. The minimum atomic E-state index is -1.50. The number of amides is 2. The van der Waals surface area contributed by atoms with Gasteiger partial charge in [-0.15, -0.1) is 11.8 Å². The molecule has 7 nitrogen and oxygen atoms in total. The Labute approximate surface area is 175 Å². The van der Waals surface area contributed by atoms with Crippen molar-refractivity contribution < 1.29 is 14.0 Å². The normalized spacial score (nSPS) is 20.5. The molecule has 1 atom stereocenters. The monoisotopic (exact) mass is 424 g/mol. The molecule has 1 aromatic heterocycles. The molecule has 30 heavy (non-hydrogen) atoms. The molecule has 0 bridgehead atoms. The van der Waals surface area contributed by atoms with E-state index in [1.165, 1.54) is 38.9 Å². The van der Waals surface area contributed by atoms with Crippen LogP contribution in [-0.4, -0.2) is 34.0 Å². The number of anilines is 2. The van der Waals surface area contributed by atoms with Gasteiger partial charge in [-0.1, -0.05) is 18.2 Å². The first-order valence-corrected chi connectivity index (χ1v) is 10.2. The minimum absolute atomic E-state index is 0.00913. The van der Waals surface area contributed by atoms with Gasteiger partial charge in [0.1, 0.15) is 11.5 Å². The van der Waals surface area contributed by atoms with Gasteiger partial charge in [-0.3, -0.25) is 24.0 Å². The third-order valence-electron chi connectivity index (χ3n) is 5.53. The lowest BCUT2D eigenvalue weighted by Gasteiger charge is -2.31. The van der Waals surface area contributed by atoms with Gasteiger partial charge in [-0.25, -0.2) is 9.07 Å². The summed E-state index contributed by atoms with van der Waals surface area (Å²) in [6, 6.07) is 13.1. The van der Waals surface area contributed by atoms with Crippen molar-refractivity contribution in [1.29, 1.82) is 0 Å². The van der Waals surface area contributed by atoms with E-state index in [1.807, 2.05) is 6.07 Å². The van der Waals surface area contributed by atoms with Crippen LogP contribution in [0.5, 0.6) is 0 Å². The number of thioether (sulfide) groups is 1. The first kappa shape index (κ1) is 18.7. The maximum Gasteiger partial charge on any atom is 0.295 e. The number of carbonyl (C=O) groups is 2. The van der Waals surface area contributed by atoms with Crippen molar-refractivity contribution in [3.05, 3.63) is 76.5 Å². The Kier molecular flexibility index (Phi) is 3.94. The molecule has 1 unspecified atom stereocenters. The molecular formula is C21H17FN4O3S. The Morgan fingerprint density at radius 2 is 1.73 bits per heavy atom. The van der Waals surface area contributed by atoms with E-state index >= 15 is 0 Å². The zero-order chi connectivity index (χ0) is 21.2. The van der Waals surface area contributed by atoms with E-state index in [-0.39, 0.29) is 23.3 Å². The molecule has 0 N–H and O–H groups in total. The van der Waals surface area contributed by atoms with Gasteiger partial charge >= 0.3 is 0 Å². The molecule has 2 aromatic carbocycles. The Balaban J connectivity index is 1.75. The summed E-state index contributed by atoms with van der Waals surface area (Å²) in [5.41, 5.74) is 1.17. The summed E-state index contributed by atoms with van der Waals surface area (Å²) in [6.45, 7) is 0. The summed E-state index contributed by atoms with van der Waals surface area (Å²) in [4.78, 5) is 40.9. The molecule has 152 valence electrons. The van der Waals surface area contributed by atoms with Crippen LogP contribution in [0.15, 0.2) is 59.5 Å². The Morgan fingerprint density at radius 1 is 1.00 bits per heavy atom. The summed E-state index contributed by atoms with van der Waals surface area (Å²) in [6.07, 6.45) is 1.53. The fourth-order valence-corrected chi connectivity index (χ4v) is 5.59. The smallest absolute Gasteiger partial charge is 0.295 e. The second-order valence-electron chi connectivity index (χ2n) is 7.23. The maximum atomic E-state index is 14.1. The fourth-order valence-electron chi connectivity index (χ4n) is 4.22. The lowest BCUT2D eigenvalue weighted by atomic mass is 10.0. The molecule has 2 aliphatic rings. The number of likely N-dealkylation sites (N-methyl/N-ethyl adjacent to an activating group) is 1. The van der Waals surface area contributed by atoms with Gasteiger partial charge in [-0.2, -0.15) is 0 Å². The van der Waals surface area contributed by atoms with E-state index in [1.54, 1.807) is 43.0 Å². The van der Waals surface area contributed by atoms with Crippen LogP contribution in [0.25, 0.3) is 5.69 Å². The number of rotatable bonds is 2. The molecule has 3 heterocycles. The van der Waals surface area contributed by atoms with E-state index in [2.05, 4.69) is 0 Å². The standard InChI is InChI=1S/C21H17FN4O3S/c1-23-11-17(19(28)26(23)14-6-4-3-5-7-14)25-18(27)12-30-21(25)15-10-13(22)8-9-16(15)24(2)20(21)29/h3-11H,12H2,1-2H3. The number of benzene rings is 2. The van der Waals surface area contributed by atoms with Crippen LogP contribution in [0.4, 0.5) is 15.8 Å². The number of halogens is 1. The Morgan fingerprint density at radius 3 is 2.47 bits per heavy atom. The third kappa shape index (κ3) is 2.29. The molecule has 1 saturated heterocycles. The third-order valence-corrected chi connectivity index (χ3v) is 6.91. The SMILES string of the molecule is CN1C(=O)C2(SCC(=O)N2c2cn(C)n(-c3ccccc3)c2=O)c2cc(F)ccc21. The van der Waals surface area contributed by atoms with E-state index in [9.17, 15) is 18.8 Å². The summed E-state index contributed by atoms with van der Waals surface area (Å²) >= 11 is 1.11. The summed E-state index contributed by atoms with van der Waals surface area (Å²) in [5, 5.41) is 0. The number of aryl methyl sites for hydroxylation is 1. The maximum absolute atomic E-state index is 14.1. The van der Waals surface area contributed by atoms with Gasteiger partial charge in [0.25, 0.3) is 11.5 Å². The van der Waals surface area contributed by atoms with Gasteiger partial charge in [0.2, 0.25) is 10.8 Å². The van der Waals surface area contributed by atoms with Crippen LogP contribution >= 0.6 is 11.8 Å². The van der Waals surface area contributed by atoms with Crippen molar-refractivity contribution >= 4 is 35.0 Å². The largest absolute Gasteiger partial charge is 0.312 e. The lowest BCUT2D eigenvalue weighted by Crippen LogP contribution is -2.50. The van der Waals surface area contributed by atoms with Gasteiger partial charge in [0, 0.05) is 19.7 Å². The van der Waals surface area contributed by atoms with Gasteiger partial charge in [0.05, 0.1) is 23.3 Å². The van der Waals surface area contributed by atoms with Crippen molar-refractivity contribution in [2.75, 3.05) is 22.6 Å². The number of hydrogen-bond acceptors (Lipinski definition) is 4. The first-order chi connectivity index (χ1) is 14.4. The quantitative estimate of drug-likeness (QED) is 0.633. The van der Waals surface area contributed by atoms with Crippen LogP contribution in [0.3, 0.4) is 0 Å². The molecule has 1 fully saturated rings. The van der Waals surface area contributed by atoms with Crippen molar-refractivity contribution in [3.8, 4) is 5.69 Å². The van der Waals surface area contributed by atoms with Crippen molar-refractivity contribution in [2.24, 2.45) is 7.05 Å². The highest BCUT2D eigenvalue weighted by Crippen LogP contribution is 2.55. The summed E-state index contributed by atoms with van der Waals surface area (Å²) < 4.78 is 17.1. The van der Waals surface area contributed by atoms with Gasteiger partial charge < -0.3 is 4.90 Å².